The first-order valence-corrected chi connectivity index (χ1v) is 9.28. The van der Waals surface area contributed by atoms with E-state index in [1.807, 2.05) is 22.6 Å². The summed E-state index contributed by atoms with van der Waals surface area (Å²) >= 11 is 2.03. The molecule has 1 aliphatic heterocycles. The number of phosphoric acid groups is 1. The van der Waals surface area contributed by atoms with Crippen LogP contribution in [0.2, 0.25) is 0 Å². The SMILES string of the molecule is Nc1ncnc2c1c(I)cn2C1OC(COP(=O)(O)O)C(O)C1O. The molecule has 11 nitrogen and oxygen atoms in total. The molecule has 0 saturated carbocycles. The number of rotatable bonds is 4. The molecule has 132 valence electrons. The summed E-state index contributed by atoms with van der Waals surface area (Å²) in [6, 6.07) is 0. The van der Waals surface area contributed by atoms with Gasteiger partial charge in [-0.05, 0) is 22.6 Å². The summed E-state index contributed by atoms with van der Waals surface area (Å²) in [6.07, 6.45) is -1.99. The molecule has 2 aromatic rings. The van der Waals surface area contributed by atoms with Gasteiger partial charge in [0.05, 0.1) is 12.0 Å². The summed E-state index contributed by atoms with van der Waals surface area (Å²) < 4.78 is 22.8. The average molecular weight is 472 g/mol. The van der Waals surface area contributed by atoms with E-state index < -0.39 is 39.0 Å². The van der Waals surface area contributed by atoms with E-state index in [-0.39, 0.29) is 5.82 Å². The topological polar surface area (TPSA) is 173 Å². The number of nitrogen functional groups attached to an aromatic ring is 1. The molecule has 0 radical (unpaired) electrons. The van der Waals surface area contributed by atoms with Crippen molar-refractivity contribution in [1.82, 2.24) is 14.5 Å². The highest BCUT2D eigenvalue weighted by molar-refractivity contribution is 14.1. The van der Waals surface area contributed by atoms with Crippen molar-refractivity contribution in [2.75, 3.05) is 12.3 Å². The van der Waals surface area contributed by atoms with Gasteiger partial charge in [-0.2, -0.15) is 0 Å². The number of nitrogens with two attached hydrogens (primary N) is 1. The zero-order chi connectivity index (χ0) is 17.6. The molecule has 3 heterocycles. The molecule has 24 heavy (non-hydrogen) atoms. The number of hydrogen-bond acceptors (Lipinski definition) is 8. The predicted octanol–water partition coefficient (Wildman–Crippen LogP) is -0.653. The van der Waals surface area contributed by atoms with Gasteiger partial charge in [-0.1, -0.05) is 0 Å². The van der Waals surface area contributed by atoms with E-state index in [1.54, 1.807) is 6.20 Å². The lowest BCUT2D eigenvalue weighted by atomic mass is 10.1. The third-order valence-electron chi connectivity index (χ3n) is 3.61. The van der Waals surface area contributed by atoms with Gasteiger partial charge in [-0.3, -0.25) is 4.52 Å². The van der Waals surface area contributed by atoms with Gasteiger partial charge in [0.15, 0.2) is 6.23 Å². The second kappa shape index (κ2) is 6.46. The summed E-state index contributed by atoms with van der Waals surface area (Å²) in [7, 11) is -4.72. The molecule has 0 aliphatic carbocycles. The first-order valence-electron chi connectivity index (χ1n) is 6.67. The highest BCUT2D eigenvalue weighted by atomic mass is 127. The molecule has 1 aliphatic rings. The third-order valence-corrected chi connectivity index (χ3v) is 4.91. The number of nitrogens with zero attached hydrogens (tertiary/aromatic N) is 3. The molecule has 4 unspecified atom stereocenters. The van der Waals surface area contributed by atoms with Crippen LogP contribution < -0.4 is 5.73 Å². The molecule has 1 saturated heterocycles. The smallest absolute Gasteiger partial charge is 0.387 e. The number of fused-ring (bicyclic) bond motifs is 1. The van der Waals surface area contributed by atoms with Crippen LogP contribution in [0, 0.1) is 3.57 Å². The largest absolute Gasteiger partial charge is 0.469 e. The summed E-state index contributed by atoms with van der Waals surface area (Å²) in [6.45, 7) is -0.577. The van der Waals surface area contributed by atoms with Gasteiger partial charge in [-0.15, -0.1) is 0 Å². The Labute approximate surface area is 148 Å². The molecule has 0 bridgehead atoms. The predicted molar refractivity (Wildman–Crippen MR) is 88.6 cm³/mol. The first kappa shape index (κ1) is 17.9. The number of aromatic nitrogens is 3. The van der Waals surface area contributed by atoms with Crippen molar-refractivity contribution in [1.29, 1.82) is 0 Å². The number of anilines is 1. The highest BCUT2D eigenvalue weighted by Crippen LogP contribution is 2.39. The molecule has 13 heteroatoms. The summed E-state index contributed by atoms with van der Waals surface area (Å²) in [4.78, 5) is 25.5. The number of ether oxygens (including phenoxy) is 1. The zero-order valence-corrected chi connectivity index (χ0v) is 15.0. The van der Waals surface area contributed by atoms with E-state index in [9.17, 15) is 14.8 Å². The second-order valence-corrected chi connectivity index (χ2v) is 7.58. The van der Waals surface area contributed by atoms with Crippen molar-refractivity contribution in [3.8, 4) is 0 Å². The Bertz CT molecular complexity index is 811. The zero-order valence-electron chi connectivity index (χ0n) is 11.9. The molecule has 0 spiro atoms. The lowest BCUT2D eigenvalue weighted by Gasteiger charge is -2.17. The van der Waals surface area contributed by atoms with Crippen LogP contribution in [0.25, 0.3) is 11.0 Å². The standard InChI is InChI=1S/C11H14IN4O7P/c12-4-1-16(10-6(4)9(13)14-3-15-10)11-8(18)7(17)5(23-11)2-22-24(19,20)21/h1,3,5,7-8,11,17-18H,2H2,(H2,13,14,15)(H2,19,20,21). The van der Waals surface area contributed by atoms with Crippen LogP contribution in [0.4, 0.5) is 5.82 Å². The van der Waals surface area contributed by atoms with Crippen molar-refractivity contribution >= 4 is 47.3 Å². The fourth-order valence-electron chi connectivity index (χ4n) is 2.52. The summed E-state index contributed by atoms with van der Waals surface area (Å²) in [5.41, 5.74) is 6.23. The van der Waals surface area contributed by atoms with Crippen LogP contribution in [0.5, 0.6) is 0 Å². The highest BCUT2D eigenvalue weighted by Gasteiger charge is 2.45. The van der Waals surface area contributed by atoms with Gasteiger partial charge in [-0.25, -0.2) is 14.5 Å². The maximum Gasteiger partial charge on any atom is 0.469 e. The lowest BCUT2D eigenvalue weighted by molar-refractivity contribution is -0.0502. The van der Waals surface area contributed by atoms with E-state index in [4.69, 9.17) is 20.3 Å². The Morgan fingerprint density at radius 3 is 2.75 bits per heavy atom. The molecule has 1 fully saturated rings. The number of aliphatic hydroxyl groups excluding tert-OH is 2. The van der Waals surface area contributed by atoms with E-state index in [0.29, 0.717) is 11.0 Å². The average Bonchev–Trinajstić information content (AvgIpc) is 2.96. The van der Waals surface area contributed by atoms with E-state index >= 15 is 0 Å². The molecule has 6 N–H and O–H groups in total. The van der Waals surface area contributed by atoms with Crippen LogP contribution >= 0.6 is 30.4 Å². The van der Waals surface area contributed by atoms with E-state index in [1.165, 1.54) is 10.9 Å². The fraction of sp³-hybridized carbons (Fsp3) is 0.455. The van der Waals surface area contributed by atoms with Crippen LogP contribution in [-0.4, -0.2) is 59.5 Å². The molecular formula is C11H14IN4O7P. The summed E-state index contributed by atoms with van der Waals surface area (Å²) in [5.74, 6) is 0.262. The fourth-order valence-corrected chi connectivity index (χ4v) is 3.68. The van der Waals surface area contributed by atoms with E-state index in [0.717, 1.165) is 3.57 Å². The van der Waals surface area contributed by atoms with Crippen molar-refractivity contribution in [2.45, 2.75) is 24.5 Å². The molecule has 2 aromatic heterocycles. The van der Waals surface area contributed by atoms with Crippen LogP contribution in [0.1, 0.15) is 6.23 Å². The number of hydrogen-bond donors (Lipinski definition) is 5. The minimum absolute atomic E-state index is 0.262. The number of aliphatic hydroxyl groups is 2. The van der Waals surface area contributed by atoms with Crippen LogP contribution in [-0.2, 0) is 13.8 Å². The Hall–Kier alpha value is -0.860. The minimum Gasteiger partial charge on any atom is -0.387 e. The number of phosphoric ester groups is 1. The maximum atomic E-state index is 10.8. The van der Waals surface area contributed by atoms with Crippen molar-refractivity contribution in [2.24, 2.45) is 0 Å². The lowest BCUT2D eigenvalue weighted by Crippen LogP contribution is -2.33. The van der Waals surface area contributed by atoms with E-state index in [2.05, 4.69) is 14.5 Å². The second-order valence-electron chi connectivity index (χ2n) is 5.17. The maximum absolute atomic E-state index is 10.8. The Balaban J connectivity index is 1.90. The normalized spacial score (nSPS) is 27.9. The van der Waals surface area contributed by atoms with Crippen molar-refractivity contribution < 1.29 is 33.8 Å². The molecular weight excluding hydrogens is 458 g/mol. The van der Waals surface area contributed by atoms with Gasteiger partial charge < -0.3 is 35.0 Å². The molecule has 3 rings (SSSR count). The third kappa shape index (κ3) is 3.28. The molecule has 0 amide bonds. The Kier molecular flexibility index (Phi) is 4.83. The quantitative estimate of drug-likeness (QED) is 0.284. The number of halogens is 1. The van der Waals surface area contributed by atoms with Crippen molar-refractivity contribution in [3.63, 3.8) is 0 Å². The molecule has 0 aromatic carbocycles. The summed E-state index contributed by atoms with van der Waals surface area (Å²) in [5, 5.41) is 20.8. The van der Waals surface area contributed by atoms with Gasteiger partial charge in [0.2, 0.25) is 0 Å². The van der Waals surface area contributed by atoms with Gasteiger partial charge >= 0.3 is 7.82 Å². The first-order chi connectivity index (χ1) is 11.2. The Morgan fingerprint density at radius 2 is 2.08 bits per heavy atom. The minimum atomic E-state index is -4.72. The van der Waals surface area contributed by atoms with Gasteiger partial charge in [0.25, 0.3) is 0 Å². The van der Waals surface area contributed by atoms with Crippen LogP contribution in [0.15, 0.2) is 12.5 Å². The monoisotopic (exact) mass is 472 g/mol. The molecule has 4 atom stereocenters. The Morgan fingerprint density at radius 1 is 1.38 bits per heavy atom. The van der Waals surface area contributed by atoms with Gasteiger partial charge in [0.1, 0.15) is 36.1 Å². The van der Waals surface area contributed by atoms with Crippen LogP contribution in [0.3, 0.4) is 0 Å². The van der Waals surface area contributed by atoms with Crippen molar-refractivity contribution in [3.05, 3.63) is 16.1 Å². The van der Waals surface area contributed by atoms with Gasteiger partial charge in [0, 0.05) is 9.77 Å².